The Morgan fingerprint density at radius 2 is 2.45 bits per heavy atom. The van der Waals surface area contributed by atoms with Gasteiger partial charge in [-0.05, 0) is 31.1 Å². The second kappa shape index (κ2) is 7.92. The first-order valence-electron chi connectivity index (χ1n) is 7.29. The van der Waals surface area contributed by atoms with E-state index < -0.39 is 11.6 Å². The van der Waals surface area contributed by atoms with E-state index in [-0.39, 0.29) is 17.9 Å². The lowest BCUT2D eigenvalue weighted by Crippen LogP contribution is -2.45. The van der Waals surface area contributed by atoms with Crippen molar-refractivity contribution >= 4 is 35.0 Å². The molecule has 1 unspecified atom stereocenters. The Balaban J connectivity index is 2.17. The zero-order valence-electron chi connectivity index (χ0n) is 12.5. The summed E-state index contributed by atoms with van der Waals surface area (Å²) in [5, 5.41) is 14.3. The van der Waals surface area contributed by atoms with Gasteiger partial charge in [0.2, 0.25) is 0 Å². The van der Waals surface area contributed by atoms with Gasteiger partial charge in [-0.3, -0.25) is 0 Å². The van der Waals surface area contributed by atoms with Crippen LogP contribution in [0.25, 0.3) is 0 Å². The summed E-state index contributed by atoms with van der Waals surface area (Å²) in [5.74, 6) is 1.34. The van der Waals surface area contributed by atoms with Crippen LogP contribution in [-0.4, -0.2) is 40.5 Å². The number of halogens is 1. The van der Waals surface area contributed by atoms with E-state index in [9.17, 15) is 9.90 Å². The fraction of sp³-hybridized carbons (Fsp3) is 0.600. The molecule has 5 nitrogen and oxygen atoms in total. The largest absolute Gasteiger partial charge is 0.511 e. The van der Waals surface area contributed by atoms with Crippen molar-refractivity contribution in [2.45, 2.75) is 38.2 Å². The predicted molar refractivity (Wildman–Crippen MR) is 88.3 cm³/mol. The summed E-state index contributed by atoms with van der Waals surface area (Å²) < 4.78 is 5.66. The minimum atomic E-state index is -0.561. The first kappa shape index (κ1) is 17.2. The maximum Gasteiger partial charge on any atom is 0.344 e. The van der Waals surface area contributed by atoms with Crippen molar-refractivity contribution in [3.63, 3.8) is 0 Å². The number of rotatable bonds is 5. The van der Waals surface area contributed by atoms with Crippen LogP contribution >= 0.6 is 23.4 Å². The molecule has 0 aromatic heterocycles. The predicted octanol–water partition coefficient (Wildman–Crippen LogP) is 3.55. The number of thioether (sulfide) groups is 1. The second-order valence-corrected chi connectivity index (χ2v) is 6.63. The third-order valence-electron chi connectivity index (χ3n) is 3.64. The molecule has 2 heterocycles. The Labute approximate surface area is 139 Å². The average molecular weight is 346 g/mol. The topological polar surface area (TPSA) is 68.1 Å². The summed E-state index contributed by atoms with van der Waals surface area (Å²) in [7, 11) is 0. The highest BCUT2D eigenvalue weighted by atomic mass is 35.5. The van der Waals surface area contributed by atoms with E-state index in [1.165, 1.54) is 5.54 Å². The van der Waals surface area contributed by atoms with Crippen LogP contribution in [0.1, 0.15) is 32.6 Å². The second-order valence-electron chi connectivity index (χ2n) is 5.28. The molecule has 0 amide bonds. The number of oxime groups is 1. The van der Waals surface area contributed by atoms with Gasteiger partial charge in [-0.25, -0.2) is 4.79 Å². The summed E-state index contributed by atoms with van der Waals surface area (Å²) in [4.78, 5) is 17.4. The molecular weight excluding hydrogens is 326 g/mol. The fourth-order valence-corrected chi connectivity index (χ4v) is 3.85. The highest BCUT2D eigenvalue weighted by Crippen LogP contribution is 2.39. The zero-order valence-corrected chi connectivity index (χ0v) is 14.1. The molecule has 0 radical (unpaired) electrons. The molecule has 0 bridgehead atoms. The fourth-order valence-electron chi connectivity index (χ4n) is 2.61. The molecule has 2 aliphatic rings. The summed E-state index contributed by atoms with van der Waals surface area (Å²) >= 11 is 7.15. The molecule has 2 rings (SSSR count). The van der Waals surface area contributed by atoms with E-state index in [0.29, 0.717) is 18.6 Å². The van der Waals surface area contributed by atoms with Crippen LogP contribution in [0, 0.1) is 0 Å². The van der Waals surface area contributed by atoms with Crippen molar-refractivity contribution in [3.8, 4) is 0 Å². The van der Waals surface area contributed by atoms with Gasteiger partial charge in [0.1, 0.15) is 23.5 Å². The number of esters is 1. The number of aliphatic hydroxyl groups excluding tert-OH is 1. The summed E-state index contributed by atoms with van der Waals surface area (Å²) in [5.41, 5.74) is 1.30. The lowest BCUT2D eigenvalue weighted by atomic mass is 9.89. The maximum absolute atomic E-state index is 12.3. The molecule has 1 saturated heterocycles. The van der Waals surface area contributed by atoms with Crippen LogP contribution in [0.15, 0.2) is 28.1 Å². The van der Waals surface area contributed by atoms with E-state index >= 15 is 0 Å². The van der Waals surface area contributed by atoms with E-state index in [1.54, 1.807) is 17.8 Å². The minimum Gasteiger partial charge on any atom is -0.511 e. The molecule has 0 saturated carbocycles. The van der Waals surface area contributed by atoms with Crippen molar-refractivity contribution in [1.29, 1.82) is 0 Å². The third kappa shape index (κ3) is 3.98. The number of nitrogens with zero attached hydrogens (tertiary/aromatic N) is 1. The smallest absolute Gasteiger partial charge is 0.344 e. The zero-order chi connectivity index (χ0) is 16.0. The van der Waals surface area contributed by atoms with E-state index in [0.717, 1.165) is 24.3 Å². The average Bonchev–Trinajstić information content (AvgIpc) is 2.49. The van der Waals surface area contributed by atoms with E-state index in [4.69, 9.17) is 21.2 Å². The van der Waals surface area contributed by atoms with Crippen molar-refractivity contribution < 1.29 is 19.5 Å². The van der Waals surface area contributed by atoms with Crippen LogP contribution in [0.2, 0.25) is 0 Å². The minimum absolute atomic E-state index is 0.0517. The van der Waals surface area contributed by atoms with E-state index in [2.05, 4.69) is 5.16 Å². The number of carbonyl (C=O) groups excluding carboxylic acids is 1. The molecule has 0 aromatic carbocycles. The first-order valence-corrected chi connectivity index (χ1v) is 8.88. The highest BCUT2D eigenvalue weighted by Gasteiger charge is 2.44. The van der Waals surface area contributed by atoms with Gasteiger partial charge in [-0.15, -0.1) is 0 Å². The van der Waals surface area contributed by atoms with Gasteiger partial charge in [0.05, 0.1) is 5.71 Å². The number of carbonyl (C=O) groups is 1. The van der Waals surface area contributed by atoms with Gasteiger partial charge in [0.15, 0.2) is 0 Å². The number of hydrogen-bond donors (Lipinski definition) is 1. The van der Waals surface area contributed by atoms with Gasteiger partial charge in [-0.1, -0.05) is 23.7 Å². The third-order valence-corrected chi connectivity index (χ3v) is 5.12. The van der Waals surface area contributed by atoms with Gasteiger partial charge in [0.25, 0.3) is 0 Å². The van der Waals surface area contributed by atoms with Gasteiger partial charge < -0.3 is 14.7 Å². The Hall–Kier alpha value is -1.14. The number of aliphatic hydroxyl groups is 1. The van der Waals surface area contributed by atoms with Crippen molar-refractivity contribution in [2.24, 2.45) is 5.16 Å². The Morgan fingerprint density at radius 3 is 3.05 bits per heavy atom. The standard InChI is InChI=1S/C15H20ClNO4S/c1-2-11(17-20-7-4-6-16)13-12(18)9-15(21-14(13)19)5-3-8-22-10-15/h4,6,18H,2-3,5,7-10H2,1H3. The maximum atomic E-state index is 12.3. The number of hydrogen-bond acceptors (Lipinski definition) is 6. The molecule has 1 spiro atoms. The summed E-state index contributed by atoms with van der Waals surface area (Å²) in [6.07, 6.45) is 4.17. The van der Waals surface area contributed by atoms with Crippen molar-refractivity contribution in [3.05, 3.63) is 22.9 Å². The molecule has 1 atom stereocenters. The Morgan fingerprint density at radius 1 is 1.64 bits per heavy atom. The monoisotopic (exact) mass is 345 g/mol. The van der Waals surface area contributed by atoms with Crippen molar-refractivity contribution in [2.75, 3.05) is 18.1 Å². The molecule has 22 heavy (non-hydrogen) atoms. The van der Waals surface area contributed by atoms with Gasteiger partial charge >= 0.3 is 5.97 Å². The molecular formula is C15H20ClNO4S. The molecule has 1 fully saturated rings. The van der Waals surface area contributed by atoms with Gasteiger partial charge in [0, 0.05) is 17.7 Å². The summed E-state index contributed by atoms with van der Waals surface area (Å²) in [6.45, 7) is 2.05. The van der Waals surface area contributed by atoms with Crippen LogP contribution in [0.3, 0.4) is 0 Å². The SMILES string of the molecule is CCC(=NOCC=CCl)C1=C(O)CC2(CCCSC2)OC1=O. The molecule has 0 aliphatic carbocycles. The lowest BCUT2D eigenvalue weighted by Gasteiger charge is -2.39. The molecule has 122 valence electrons. The quantitative estimate of drug-likeness (QED) is 0.357. The van der Waals surface area contributed by atoms with Crippen LogP contribution in [-0.2, 0) is 14.4 Å². The first-order chi connectivity index (χ1) is 10.6. The van der Waals surface area contributed by atoms with E-state index in [1.807, 2.05) is 6.92 Å². The van der Waals surface area contributed by atoms with Crippen LogP contribution in [0.4, 0.5) is 0 Å². The molecule has 2 aliphatic heterocycles. The van der Waals surface area contributed by atoms with Crippen LogP contribution in [0.5, 0.6) is 0 Å². The molecule has 0 aromatic rings. The Bertz CT molecular complexity index is 510. The highest BCUT2D eigenvalue weighted by molar-refractivity contribution is 7.99. The normalized spacial score (nSPS) is 26.6. The summed E-state index contributed by atoms with van der Waals surface area (Å²) in [6, 6.07) is 0. The molecule has 1 N–H and O–H groups in total. The van der Waals surface area contributed by atoms with Crippen LogP contribution < -0.4 is 0 Å². The Kier molecular flexibility index (Phi) is 6.20. The lowest BCUT2D eigenvalue weighted by molar-refractivity contribution is -0.156. The molecule has 7 heteroatoms. The van der Waals surface area contributed by atoms with Gasteiger partial charge in [-0.2, -0.15) is 11.8 Å². The van der Waals surface area contributed by atoms with Crippen molar-refractivity contribution in [1.82, 2.24) is 0 Å². The number of ether oxygens (including phenoxy) is 1.